The summed E-state index contributed by atoms with van der Waals surface area (Å²) in [5.74, 6) is 0. The molecule has 2 aromatic heterocycles. The maximum atomic E-state index is 5.22. The first-order chi connectivity index (χ1) is 9.70. The molecule has 0 unspecified atom stereocenters. The Morgan fingerprint density at radius 3 is 2.80 bits per heavy atom. The summed E-state index contributed by atoms with van der Waals surface area (Å²) in [6, 6.07) is 10.1. The molecule has 100 valence electrons. The van der Waals surface area contributed by atoms with E-state index >= 15 is 0 Å². The standard InChI is InChI=1S/C15H14N4S/c1-10-13(9-19(18-10)15(20)16-2)11-7-8-17-14-6-4-3-5-12(11)14/h3-9H,1-2H3,(H,16,20). The third-order valence-electron chi connectivity index (χ3n) is 3.26. The van der Waals surface area contributed by atoms with E-state index in [1.54, 1.807) is 11.7 Å². The normalized spacial score (nSPS) is 10.7. The quantitative estimate of drug-likeness (QED) is 0.697. The fourth-order valence-corrected chi connectivity index (χ4v) is 2.37. The number of nitrogens with zero attached hydrogens (tertiary/aromatic N) is 3. The molecule has 5 heteroatoms. The number of aryl methyl sites for hydroxylation is 1. The molecule has 20 heavy (non-hydrogen) atoms. The first-order valence-electron chi connectivity index (χ1n) is 6.33. The van der Waals surface area contributed by atoms with Crippen molar-refractivity contribution in [3.05, 3.63) is 48.4 Å². The van der Waals surface area contributed by atoms with Crippen LogP contribution < -0.4 is 5.32 Å². The lowest BCUT2D eigenvalue weighted by atomic mass is 10.0. The molecule has 0 radical (unpaired) electrons. The van der Waals surface area contributed by atoms with Gasteiger partial charge >= 0.3 is 0 Å². The van der Waals surface area contributed by atoms with Crippen molar-refractivity contribution in [3.8, 4) is 11.1 Å². The van der Waals surface area contributed by atoms with Gasteiger partial charge in [-0.25, -0.2) is 4.68 Å². The smallest absolute Gasteiger partial charge is 0.193 e. The van der Waals surface area contributed by atoms with Crippen LogP contribution in [0.5, 0.6) is 0 Å². The Bertz CT molecular complexity index is 786. The number of aromatic nitrogens is 3. The first-order valence-corrected chi connectivity index (χ1v) is 6.74. The summed E-state index contributed by atoms with van der Waals surface area (Å²) in [5, 5.41) is 9.09. The van der Waals surface area contributed by atoms with Crippen molar-refractivity contribution in [2.45, 2.75) is 6.92 Å². The molecule has 4 nitrogen and oxygen atoms in total. The van der Waals surface area contributed by atoms with Crippen LogP contribution in [0.25, 0.3) is 22.0 Å². The Labute approximate surface area is 122 Å². The maximum Gasteiger partial charge on any atom is 0.193 e. The second-order valence-corrected chi connectivity index (χ2v) is 4.89. The number of thiocarbonyl (C=S) groups is 1. The lowest BCUT2D eigenvalue weighted by Gasteiger charge is -2.04. The van der Waals surface area contributed by atoms with Gasteiger partial charge in [0.1, 0.15) is 0 Å². The van der Waals surface area contributed by atoms with Crippen molar-refractivity contribution >= 4 is 28.2 Å². The van der Waals surface area contributed by atoms with Gasteiger partial charge in [0.25, 0.3) is 0 Å². The lowest BCUT2D eigenvalue weighted by Crippen LogP contribution is -2.24. The van der Waals surface area contributed by atoms with Crippen molar-refractivity contribution in [2.75, 3.05) is 7.05 Å². The summed E-state index contributed by atoms with van der Waals surface area (Å²) in [6.07, 6.45) is 3.78. The van der Waals surface area contributed by atoms with Crippen LogP contribution in [-0.4, -0.2) is 26.9 Å². The van der Waals surface area contributed by atoms with Crippen LogP contribution in [-0.2, 0) is 0 Å². The van der Waals surface area contributed by atoms with Crippen molar-refractivity contribution in [3.63, 3.8) is 0 Å². The summed E-state index contributed by atoms with van der Waals surface area (Å²) >= 11 is 5.22. The zero-order valence-electron chi connectivity index (χ0n) is 11.3. The molecule has 0 spiro atoms. The molecule has 0 atom stereocenters. The van der Waals surface area contributed by atoms with Crippen LogP contribution in [0.3, 0.4) is 0 Å². The predicted octanol–water partition coefficient (Wildman–Crippen LogP) is 2.76. The van der Waals surface area contributed by atoms with Gasteiger partial charge in [-0.3, -0.25) is 4.98 Å². The van der Waals surface area contributed by atoms with E-state index in [1.807, 2.05) is 43.6 Å². The maximum absolute atomic E-state index is 5.22. The van der Waals surface area contributed by atoms with E-state index in [1.165, 1.54) is 0 Å². The molecule has 0 bridgehead atoms. The molecule has 0 saturated heterocycles. The first kappa shape index (κ1) is 12.7. The summed E-state index contributed by atoms with van der Waals surface area (Å²) in [4.78, 5) is 4.39. The number of nitrogens with one attached hydrogen (secondary N) is 1. The van der Waals surface area contributed by atoms with E-state index in [2.05, 4.69) is 21.5 Å². The molecule has 0 aliphatic heterocycles. The van der Waals surface area contributed by atoms with Gasteiger partial charge in [-0.1, -0.05) is 18.2 Å². The number of hydrogen-bond donors (Lipinski definition) is 1. The molecule has 0 saturated carbocycles. The van der Waals surface area contributed by atoms with Crippen molar-refractivity contribution in [2.24, 2.45) is 0 Å². The minimum Gasteiger partial charge on any atom is -0.364 e. The van der Waals surface area contributed by atoms with Gasteiger partial charge in [0.15, 0.2) is 5.11 Å². The van der Waals surface area contributed by atoms with E-state index in [0.717, 1.165) is 27.7 Å². The minimum absolute atomic E-state index is 0.581. The van der Waals surface area contributed by atoms with Crippen LogP contribution in [0.4, 0.5) is 0 Å². The minimum atomic E-state index is 0.581. The lowest BCUT2D eigenvalue weighted by molar-refractivity contribution is 0.886. The van der Waals surface area contributed by atoms with Crippen LogP contribution in [0.1, 0.15) is 5.69 Å². The molecular weight excluding hydrogens is 268 g/mol. The highest BCUT2D eigenvalue weighted by Crippen LogP contribution is 2.29. The third-order valence-corrected chi connectivity index (χ3v) is 3.65. The molecule has 1 aromatic carbocycles. The summed E-state index contributed by atoms with van der Waals surface area (Å²) < 4.78 is 1.69. The van der Waals surface area contributed by atoms with Gasteiger partial charge in [-0.15, -0.1) is 0 Å². The Kier molecular flexibility index (Phi) is 3.20. The molecule has 1 N–H and O–H groups in total. The van der Waals surface area contributed by atoms with Crippen molar-refractivity contribution in [1.82, 2.24) is 20.1 Å². The fourth-order valence-electron chi connectivity index (χ4n) is 2.27. The van der Waals surface area contributed by atoms with Gasteiger partial charge in [-0.2, -0.15) is 5.10 Å². The number of fused-ring (bicyclic) bond motifs is 1. The molecule has 3 rings (SSSR count). The predicted molar refractivity (Wildman–Crippen MR) is 84.8 cm³/mol. The summed E-state index contributed by atoms with van der Waals surface area (Å²) in [7, 11) is 1.79. The van der Waals surface area contributed by atoms with Crippen molar-refractivity contribution < 1.29 is 0 Å². The Balaban J connectivity index is 2.21. The van der Waals surface area contributed by atoms with Crippen LogP contribution >= 0.6 is 12.2 Å². The molecular formula is C15H14N4S. The highest BCUT2D eigenvalue weighted by atomic mass is 32.1. The van der Waals surface area contributed by atoms with Crippen LogP contribution in [0.15, 0.2) is 42.7 Å². The average Bonchev–Trinajstić information content (AvgIpc) is 2.87. The van der Waals surface area contributed by atoms with E-state index in [-0.39, 0.29) is 0 Å². The van der Waals surface area contributed by atoms with Crippen LogP contribution in [0.2, 0.25) is 0 Å². The molecule has 2 heterocycles. The van der Waals surface area contributed by atoms with E-state index in [9.17, 15) is 0 Å². The van der Waals surface area contributed by atoms with Gasteiger partial charge < -0.3 is 5.32 Å². The van der Waals surface area contributed by atoms with Crippen LogP contribution in [0, 0.1) is 6.92 Å². The zero-order chi connectivity index (χ0) is 14.1. The molecule has 0 aliphatic rings. The summed E-state index contributed by atoms with van der Waals surface area (Å²) in [6.45, 7) is 1.99. The van der Waals surface area contributed by atoms with Gasteiger partial charge in [-0.05, 0) is 36.8 Å². The second kappa shape index (κ2) is 5.02. The van der Waals surface area contributed by atoms with E-state index < -0.39 is 0 Å². The molecule has 3 aromatic rings. The Morgan fingerprint density at radius 1 is 1.20 bits per heavy atom. The number of para-hydroxylation sites is 1. The average molecular weight is 282 g/mol. The Hall–Kier alpha value is -2.27. The van der Waals surface area contributed by atoms with E-state index in [4.69, 9.17) is 12.2 Å². The van der Waals surface area contributed by atoms with Gasteiger partial charge in [0.2, 0.25) is 0 Å². The fraction of sp³-hybridized carbons (Fsp3) is 0.133. The number of benzene rings is 1. The second-order valence-electron chi connectivity index (χ2n) is 4.50. The number of hydrogen-bond acceptors (Lipinski definition) is 3. The molecule has 0 amide bonds. The largest absolute Gasteiger partial charge is 0.364 e. The highest BCUT2D eigenvalue weighted by molar-refractivity contribution is 7.80. The molecule has 0 fully saturated rings. The third kappa shape index (κ3) is 2.06. The van der Waals surface area contributed by atoms with Gasteiger partial charge in [0.05, 0.1) is 11.2 Å². The monoisotopic (exact) mass is 282 g/mol. The van der Waals surface area contributed by atoms with Gasteiger partial charge in [0, 0.05) is 30.4 Å². The SMILES string of the molecule is CNC(=S)n1cc(-c2ccnc3ccccc23)c(C)n1. The van der Waals surface area contributed by atoms with E-state index in [0.29, 0.717) is 5.11 Å². The topological polar surface area (TPSA) is 42.7 Å². The number of pyridine rings is 1. The highest BCUT2D eigenvalue weighted by Gasteiger charge is 2.12. The number of rotatable bonds is 1. The zero-order valence-corrected chi connectivity index (χ0v) is 12.1. The van der Waals surface area contributed by atoms with Crippen molar-refractivity contribution in [1.29, 1.82) is 0 Å². The molecule has 0 aliphatic carbocycles. The Morgan fingerprint density at radius 2 is 2.00 bits per heavy atom. The summed E-state index contributed by atoms with van der Waals surface area (Å²) in [5.41, 5.74) is 4.12.